The quantitative estimate of drug-likeness (QED) is 0.653. The Bertz CT molecular complexity index is 237. The molecular formula is C10H16N2S. The maximum Gasteiger partial charge on any atom is 0.166 e. The molecule has 3 fully saturated rings. The highest BCUT2D eigenvalue weighted by Crippen LogP contribution is 2.51. The van der Waals surface area contributed by atoms with E-state index in [1.54, 1.807) is 0 Å². The number of rotatable bonds is 2. The molecule has 0 saturated heterocycles. The van der Waals surface area contributed by atoms with Crippen molar-refractivity contribution < 1.29 is 0 Å². The van der Waals surface area contributed by atoms with Crippen LogP contribution in [0.2, 0.25) is 0 Å². The maximum atomic E-state index is 5.26. The second-order valence-electron chi connectivity index (χ2n) is 4.74. The van der Waals surface area contributed by atoms with Gasteiger partial charge in [-0.3, -0.25) is 0 Å². The molecule has 0 spiro atoms. The molecule has 3 aliphatic rings. The summed E-state index contributed by atoms with van der Waals surface area (Å²) in [4.78, 5) is 0. The minimum absolute atomic E-state index is 0.691. The monoisotopic (exact) mass is 196 g/mol. The first-order chi connectivity index (χ1) is 6.33. The zero-order valence-corrected chi connectivity index (χ0v) is 8.57. The molecule has 0 heterocycles. The van der Waals surface area contributed by atoms with Crippen LogP contribution in [0.15, 0.2) is 0 Å². The van der Waals surface area contributed by atoms with E-state index in [0.29, 0.717) is 12.1 Å². The molecule has 3 aliphatic carbocycles. The molecule has 3 saturated carbocycles. The predicted octanol–water partition coefficient (Wildman–Crippen LogP) is 1.41. The molecule has 72 valence electrons. The standard InChI is InChI=1S/C10H16N2S/c13-10(11-7-2-3-7)12-9-4-1-6-5-8(6)9/h6-9H,1-5H2,(H2,11,12,13). The topological polar surface area (TPSA) is 24.1 Å². The average molecular weight is 196 g/mol. The lowest BCUT2D eigenvalue weighted by atomic mass is 10.2. The Morgan fingerprint density at radius 2 is 1.92 bits per heavy atom. The Hall–Kier alpha value is -0.310. The number of nitrogens with one attached hydrogen (secondary N) is 2. The molecule has 3 heteroatoms. The summed E-state index contributed by atoms with van der Waals surface area (Å²) in [6.45, 7) is 0. The van der Waals surface area contributed by atoms with Crippen molar-refractivity contribution in [3.8, 4) is 0 Å². The van der Waals surface area contributed by atoms with E-state index in [0.717, 1.165) is 16.9 Å². The molecule has 0 aliphatic heterocycles. The van der Waals surface area contributed by atoms with Gasteiger partial charge < -0.3 is 10.6 Å². The average Bonchev–Trinajstić information content (AvgIpc) is 2.96. The Morgan fingerprint density at radius 3 is 2.46 bits per heavy atom. The van der Waals surface area contributed by atoms with Gasteiger partial charge in [0.2, 0.25) is 0 Å². The Labute approximate surface area is 84.5 Å². The molecule has 3 unspecified atom stereocenters. The first-order valence-corrected chi connectivity index (χ1v) is 5.81. The highest BCUT2D eigenvalue weighted by molar-refractivity contribution is 7.80. The van der Waals surface area contributed by atoms with Crippen LogP contribution >= 0.6 is 12.2 Å². The number of thiocarbonyl (C=S) groups is 1. The Balaban J connectivity index is 1.47. The molecule has 2 nitrogen and oxygen atoms in total. The van der Waals surface area contributed by atoms with Crippen molar-refractivity contribution in [3.63, 3.8) is 0 Å². The SMILES string of the molecule is S=C(NC1CC1)NC1CCC2CC21. The lowest BCUT2D eigenvalue weighted by molar-refractivity contribution is 0.552. The summed E-state index contributed by atoms with van der Waals surface area (Å²) in [6.07, 6.45) is 6.82. The minimum Gasteiger partial charge on any atom is -0.360 e. The van der Waals surface area contributed by atoms with Gasteiger partial charge in [0.15, 0.2) is 5.11 Å². The van der Waals surface area contributed by atoms with Crippen molar-refractivity contribution in [3.05, 3.63) is 0 Å². The van der Waals surface area contributed by atoms with Crippen LogP contribution in [0.5, 0.6) is 0 Å². The van der Waals surface area contributed by atoms with Crippen LogP contribution in [0, 0.1) is 11.8 Å². The van der Waals surface area contributed by atoms with Gasteiger partial charge in [0.1, 0.15) is 0 Å². The predicted molar refractivity (Wildman–Crippen MR) is 56.5 cm³/mol. The molecule has 0 radical (unpaired) electrons. The zero-order valence-electron chi connectivity index (χ0n) is 7.75. The molecule has 0 aromatic heterocycles. The summed E-state index contributed by atoms with van der Waals surface area (Å²) in [5.74, 6) is 2.00. The highest BCUT2D eigenvalue weighted by atomic mass is 32.1. The number of hydrogen-bond donors (Lipinski definition) is 2. The minimum atomic E-state index is 0.691. The summed E-state index contributed by atoms with van der Waals surface area (Å²) in [5, 5.41) is 7.70. The molecule has 0 bridgehead atoms. The van der Waals surface area contributed by atoms with E-state index in [2.05, 4.69) is 10.6 Å². The normalized spacial score (nSPS) is 41.1. The van der Waals surface area contributed by atoms with Crippen LogP contribution in [0.1, 0.15) is 32.1 Å². The molecular weight excluding hydrogens is 180 g/mol. The fourth-order valence-corrected chi connectivity index (χ4v) is 2.82. The van der Waals surface area contributed by atoms with Gasteiger partial charge in [0.25, 0.3) is 0 Å². The highest BCUT2D eigenvalue weighted by Gasteiger charge is 2.48. The molecule has 0 aromatic carbocycles. The van der Waals surface area contributed by atoms with Gasteiger partial charge in [0, 0.05) is 12.1 Å². The van der Waals surface area contributed by atoms with Crippen molar-refractivity contribution in [2.24, 2.45) is 11.8 Å². The summed E-state index contributed by atoms with van der Waals surface area (Å²) in [6, 6.07) is 1.39. The van der Waals surface area contributed by atoms with E-state index in [9.17, 15) is 0 Å². The molecule has 2 N–H and O–H groups in total. The van der Waals surface area contributed by atoms with E-state index >= 15 is 0 Å². The largest absolute Gasteiger partial charge is 0.360 e. The van der Waals surface area contributed by atoms with E-state index in [4.69, 9.17) is 12.2 Å². The van der Waals surface area contributed by atoms with Crippen molar-refractivity contribution in [1.82, 2.24) is 10.6 Å². The maximum absolute atomic E-state index is 5.26. The molecule has 0 amide bonds. The third-order valence-corrected chi connectivity index (χ3v) is 3.81. The lowest BCUT2D eigenvalue weighted by Crippen LogP contribution is -2.42. The van der Waals surface area contributed by atoms with E-state index in [1.165, 1.54) is 32.1 Å². The van der Waals surface area contributed by atoms with Crippen LogP contribution < -0.4 is 10.6 Å². The van der Waals surface area contributed by atoms with Crippen LogP contribution in [-0.4, -0.2) is 17.2 Å². The number of fused-ring (bicyclic) bond motifs is 1. The van der Waals surface area contributed by atoms with Gasteiger partial charge >= 0.3 is 0 Å². The van der Waals surface area contributed by atoms with Gasteiger partial charge in [-0.1, -0.05) is 0 Å². The summed E-state index contributed by atoms with van der Waals surface area (Å²) in [5.41, 5.74) is 0. The fourth-order valence-electron chi connectivity index (χ4n) is 2.51. The van der Waals surface area contributed by atoms with Gasteiger partial charge in [-0.25, -0.2) is 0 Å². The summed E-state index contributed by atoms with van der Waals surface area (Å²) >= 11 is 5.26. The van der Waals surface area contributed by atoms with Gasteiger partial charge in [0.05, 0.1) is 0 Å². The van der Waals surface area contributed by atoms with Crippen LogP contribution in [0.25, 0.3) is 0 Å². The van der Waals surface area contributed by atoms with Gasteiger partial charge in [-0.05, 0) is 56.2 Å². The summed E-state index contributed by atoms with van der Waals surface area (Å²) in [7, 11) is 0. The Kier molecular flexibility index (Phi) is 1.76. The second kappa shape index (κ2) is 2.84. The van der Waals surface area contributed by atoms with Crippen molar-refractivity contribution in [2.75, 3.05) is 0 Å². The molecule has 3 rings (SSSR count). The van der Waals surface area contributed by atoms with Gasteiger partial charge in [-0.2, -0.15) is 0 Å². The third kappa shape index (κ3) is 1.66. The summed E-state index contributed by atoms with van der Waals surface area (Å²) < 4.78 is 0. The first-order valence-electron chi connectivity index (χ1n) is 5.40. The van der Waals surface area contributed by atoms with E-state index < -0.39 is 0 Å². The molecule has 0 aromatic rings. The van der Waals surface area contributed by atoms with Crippen molar-refractivity contribution >= 4 is 17.3 Å². The Morgan fingerprint density at radius 1 is 1.08 bits per heavy atom. The zero-order chi connectivity index (χ0) is 8.84. The van der Waals surface area contributed by atoms with E-state index in [1.807, 2.05) is 0 Å². The van der Waals surface area contributed by atoms with E-state index in [-0.39, 0.29) is 0 Å². The molecule has 13 heavy (non-hydrogen) atoms. The lowest BCUT2D eigenvalue weighted by Gasteiger charge is -2.17. The first kappa shape index (κ1) is 8.04. The van der Waals surface area contributed by atoms with Crippen molar-refractivity contribution in [2.45, 2.75) is 44.2 Å². The third-order valence-electron chi connectivity index (χ3n) is 3.57. The molecule has 3 atom stereocenters. The number of hydrogen-bond acceptors (Lipinski definition) is 1. The fraction of sp³-hybridized carbons (Fsp3) is 0.900. The van der Waals surface area contributed by atoms with Gasteiger partial charge in [-0.15, -0.1) is 0 Å². The van der Waals surface area contributed by atoms with Crippen LogP contribution in [0.4, 0.5) is 0 Å². The van der Waals surface area contributed by atoms with Crippen LogP contribution in [-0.2, 0) is 0 Å². The second-order valence-corrected chi connectivity index (χ2v) is 5.14. The van der Waals surface area contributed by atoms with Crippen LogP contribution in [0.3, 0.4) is 0 Å². The smallest absolute Gasteiger partial charge is 0.166 e. The van der Waals surface area contributed by atoms with Crippen molar-refractivity contribution in [1.29, 1.82) is 0 Å².